The Hall–Kier alpha value is -6.52. The quantitative estimate of drug-likeness (QED) is 0.0843. The minimum absolute atomic E-state index is 0.0133. The van der Waals surface area contributed by atoms with Crippen molar-refractivity contribution >= 4 is 45.4 Å². The second-order valence-corrected chi connectivity index (χ2v) is 23.2. The van der Waals surface area contributed by atoms with Crippen LogP contribution in [-0.2, 0) is 58.2 Å². The topological polar surface area (TPSA) is 260 Å². The van der Waals surface area contributed by atoms with E-state index in [9.17, 15) is 29.6 Å². The number of nitrogens with one attached hydrogen (secondary N) is 6. The number of piperidine rings is 2. The Morgan fingerprint density at radius 3 is 1.73 bits per heavy atom. The summed E-state index contributed by atoms with van der Waals surface area (Å²) in [5, 5.41) is 56.2. The van der Waals surface area contributed by atoms with Crippen LogP contribution in [0.5, 0.6) is 0 Å². The number of hydrogen-bond acceptors (Lipinski definition) is 13. The number of hydrogen-bond donors (Lipinski definition) is 8. The van der Waals surface area contributed by atoms with Crippen molar-refractivity contribution in [3.05, 3.63) is 94.8 Å². The van der Waals surface area contributed by atoms with Crippen LogP contribution in [0.15, 0.2) is 60.9 Å². The SMILES string of the molecule is CC1(C)CC(n2cc(CNC(=O)C[C@@H](NC(=O)[C@@H]3Cc4c([nH]c5ccccc45)CN3C(=O)[C@@H]3Cc4c([nH]c5ccccc45)CN3)C(=O)NCc3cn(C4CC(C)(C)N(O)C(C)(C)C4)nn3)nn2)CC(C)(C)N1O. The van der Waals surface area contributed by atoms with Gasteiger partial charge in [-0.05, 0) is 111 Å². The van der Waals surface area contributed by atoms with Gasteiger partial charge in [0.15, 0.2) is 0 Å². The van der Waals surface area contributed by atoms with E-state index >= 15 is 0 Å². The first kappa shape index (κ1) is 50.0. The van der Waals surface area contributed by atoms with Gasteiger partial charge in [0.25, 0.3) is 0 Å². The first-order chi connectivity index (χ1) is 34.6. The smallest absolute Gasteiger partial charge is 0.243 e. The van der Waals surface area contributed by atoms with Crippen molar-refractivity contribution in [2.45, 2.75) is 179 Å². The van der Waals surface area contributed by atoms with Crippen LogP contribution in [0.3, 0.4) is 0 Å². The molecule has 0 unspecified atom stereocenters. The Balaban J connectivity index is 0.883. The summed E-state index contributed by atoms with van der Waals surface area (Å²) in [4.78, 5) is 66.8. The summed E-state index contributed by atoms with van der Waals surface area (Å²) >= 11 is 0. The Morgan fingerprint density at radius 1 is 0.685 bits per heavy atom. The molecule has 2 aromatic carbocycles. The van der Waals surface area contributed by atoms with Crippen molar-refractivity contribution in [2.75, 3.05) is 0 Å². The number of para-hydroxylation sites is 2. The summed E-state index contributed by atoms with van der Waals surface area (Å²) in [6, 6.07) is 12.7. The number of rotatable bonds is 12. The maximum absolute atomic E-state index is 15.0. The molecule has 3 atom stereocenters. The molecule has 0 spiro atoms. The summed E-state index contributed by atoms with van der Waals surface area (Å²) in [7, 11) is 0. The fourth-order valence-corrected chi connectivity index (χ4v) is 12.4. The van der Waals surface area contributed by atoms with E-state index in [4.69, 9.17) is 0 Å². The van der Waals surface area contributed by atoms with Gasteiger partial charge in [-0.15, -0.1) is 10.2 Å². The van der Waals surface area contributed by atoms with E-state index in [1.54, 1.807) is 26.7 Å². The fourth-order valence-electron chi connectivity index (χ4n) is 12.4. The molecule has 0 aliphatic carbocycles. The number of aromatic amines is 2. The molecule has 8 N–H and O–H groups in total. The monoisotopic (exact) mass is 1000 g/mol. The molecule has 21 nitrogen and oxygen atoms in total. The number of carbonyl (C=O) groups excluding carboxylic acids is 4. The van der Waals surface area contributed by atoms with Gasteiger partial charge in [0, 0.05) is 68.3 Å². The van der Waals surface area contributed by atoms with Gasteiger partial charge in [-0.3, -0.25) is 24.5 Å². The molecular formula is C52H69N15O6. The third-order valence-electron chi connectivity index (χ3n) is 15.8. The van der Waals surface area contributed by atoms with Crippen molar-refractivity contribution in [3.8, 4) is 0 Å². The molecule has 0 bridgehead atoms. The van der Waals surface area contributed by atoms with E-state index in [1.165, 1.54) is 10.1 Å². The van der Waals surface area contributed by atoms with Crippen LogP contribution >= 0.6 is 0 Å². The molecule has 0 radical (unpaired) electrons. The number of H-pyrrole nitrogens is 2. The average Bonchev–Trinajstić information content (AvgIpc) is 4.17. The maximum Gasteiger partial charge on any atom is 0.243 e. The highest BCUT2D eigenvalue weighted by Crippen LogP contribution is 2.43. The van der Waals surface area contributed by atoms with Crippen molar-refractivity contribution in [3.63, 3.8) is 0 Å². The predicted molar refractivity (Wildman–Crippen MR) is 269 cm³/mol. The number of fused-ring (bicyclic) bond motifs is 6. The first-order valence-electron chi connectivity index (χ1n) is 25.4. The van der Waals surface area contributed by atoms with Gasteiger partial charge in [-0.1, -0.05) is 46.8 Å². The molecule has 2 fully saturated rings. The van der Waals surface area contributed by atoms with Crippen LogP contribution in [-0.4, -0.2) is 129 Å². The van der Waals surface area contributed by atoms with E-state index in [-0.39, 0.29) is 44.0 Å². The minimum Gasteiger partial charge on any atom is -0.357 e. The molecule has 4 amide bonds. The molecule has 2 saturated heterocycles. The minimum atomic E-state index is -1.36. The molecule has 4 aromatic heterocycles. The van der Waals surface area contributed by atoms with E-state index in [2.05, 4.69) is 51.9 Å². The molecule has 10 rings (SSSR count). The third-order valence-corrected chi connectivity index (χ3v) is 15.8. The zero-order valence-electron chi connectivity index (χ0n) is 43.0. The molecule has 8 heterocycles. The lowest BCUT2D eigenvalue weighted by Gasteiger charge is -2.51. The van der Waals surface area contributed by atoms with Gasteiger partial charge in [0.2, 0.25) is 23.6 Å². The molecule has 388 valence electrons. The number of nitrogens with zero attached hydrogens (tertiary/aromatic N) is 9. The van der Waals surface area contributed by atoms with Gasteiger partial charge < -0.3 is 41.2 Å². The summed E-state index contributed by atoms with van der Waals surface area (Å²) < 4.78 is 3.55. The van der Waals surface area contributed by atoms with Crippen LogP contribution in [0, 0.1) is 0 Å². The van der Waals surface area contributed by atoms with Gasteiger partial charge >= 0.3 is 0 Å². The summed E-state index contributed by atoms with van der Waals surface area (Å²) in [6.07, 6.45) is 6.21. The van der Waals surface area contributed by atoms with Crippen LogP contribution in [0.25, 0.3) is 21.8 Å². The second-order valence-electron chi connectivity index (χ2n) is 23.2. The maximum atomic E-state index is 15.0. The average molecular weight is 1000 g/mol. The number of hydroxylamine groups is 4. The zero-order valence-corrected chi connectivity index (χ0v) is 43.0. The molecule has 21 heteroatoms. The van der Waals surface area contributed by atoms with Gasteiger partial charge in [-0.2, -0.15) is 10.1 Å². The number of carbonyl (C=O) groups is 4. The van der Waals surface area contributed by atoms with Crippen LogP contribution in [0.4, 0.5) is 0 Å². The lowest BCUT2D eigenvalue weighted by Crippen LogP contribution is -2.60. The zero-order chi connectivity index (χ0) is 51.8. The Labute approximate surface area is 423 Å². The van der Waals surface area contributed by atoms with Crippen LogP contribution < -0.4 is 21.3 Å². The summed E-state index contributed by atoms with van der Waals surface area (Å²) in [5.74, 6) is -1.97. The molecule has 6 aromatic rings. The Morgan fingerprint density at radius 2 is 1.18 bits per heavy atom. The first-order valence-corrected chi connectivity index (χ1v) is 25.4. The number of benzene rings is 2. The largest absolute Gasteiger partial charge is 0.357 e. The van der Waals surface area contributed by atoms with Crippen molar-refractivity contribution < 1.29 is 29.6 Å². The van der Waals surface area contributed by atoms with Gasteiger partial charge in [-0.25, -0.2) is 9.36 Å². The summed E-state index contributed by atoms with van der Waals surface area (Å²) in [6.45, 7) is 16.4. The number of aromatic nitrogens is 8. The van der Waals surface area contributed by atoms with Gasteiger partial charge in [0.05, 0.1) is 56.6 Å². The molecule has 4 aliphatic rings. The van der Waals surface area contributed by atoms with Crippen LogP contribution in [0.2, 0.25) is 0 Å². The lowest BCUT2D eigenvalue weighted by atomic mass is 9.79. The van der Waals surface area contributed by atoms with Gasteiger partial charge in [0.1, 0.15) is 23.5 Å². The van der Waals surface area contributed by atoms with Crippen molar-refractivity contribution in [1.82, 2.24) is 76.2 Å². The fraction of sp³-hybridized carbons (Fsp3) is 0.538. The highest BCUT2D eigenvalue weighted by molar-refractivity contribution is 5.97. The predicted octanol–water partition coefficient (Wildman–Crippen LogP) is 4.47. The Kier molecular flexibility index (Phi) is 12.9. The normalized spacial score (nSPS) is 22.4. The molecule has 4 aliphatic heterocycles. The molecule has 73 heavy (non-hydrogen) atoms. The van der Waals surface area contributed by atoms with E-state index < -0.39 is 64.4 Å². The van der Waals surface area contributed by atoms with Crippen molar-refractivity contribution in [1.29, 1.82) is 0 Å². The highest BCUT2D eigenvalue weighted by atomic mass is 16.5. The van der Waals surface area contributed by atoms with Crippen molar-refractivity contribution in [2.24, 2.45) is 0 Å². The molecular weight excluding hydrogens is 931 g/mol. The summed E-state index contributed by atoms with van der Waals surface area (Å²) in [5.41, 5.74) is 4.62. The highest BCUT2D eigenvalue weighted by Gasteiger charge is 2.48. The molecule has 0 saturated carbocycles. The third kappa shape index (κ3) is 9.75. The number of amides is 4. The standard InChI is InChI=1S/C52H69N15O6/c1-49(2)20-32(21-50(3,4)66(49)72)64-27-30(59-61-64)24-54-45(68)19-40(46(69)55-25-31-28-65(62-60-31)33-22-51(5,6)67(73)52(7,8)23-33)58-47(70)44-18-37-35-14-10-12-16-39(35)57-43(37)29-63(44)48(71)41-17-36-34-13-9-11-15-38(34)56-42(36)26-53-41/h9-16,27-28,32-33,40-41,44,53,56-57,72-73H,17-26,29H2,1-8H3,(H,54,68)(H,55,69)(H,58,70)/t40-,41+,44+/m1/s1. The second kappa shape index (κ2) is 18.8. The van der Waals surface area contributed by atoms with E-state index in [0.717, 1.165) is 44.3 Å². The van der Waals surface area contributed by atoms with E-state index in [1.807, 2.05) is 104 Å². The lowest BCUT2D eigenvalue weighted by molar-refractivity contribution is -0.249. The van der Waals surface area contributed by atoms with Crippen LogP contribution in [0.1, 0.15) is 133 Å². The Bertz CT molecular complexity index is 3040. The van der Waals surface area contributed by atoms with E-state index in [0.29, 0.717) is 50.0 Å².